The Labute approximate surface area is 154 Å². The second kappa shape index (κ2) is 8.33. The number of amides is 1. The van der Waals surface area contributed by atoms with Crippen LogP contribution in [-0.4, -0.2) is 38.5 Å². The van der Waals surface area contributed by atoms with Gasteiger partial charge in [-0.1, -0.05) is 24.3 Å². The van der Waals surface area contributed by atoms with Gasteiger partial charge in [-0.25, -0.2) is 12.7 Å². The zero-order valence-electron chi connectivity index (χ0n) is 15.4. The number of anilines is 1. The molecule has 2 aromatic carbocycles. The third-order valence-electron chi connectivity index (χ3n) is 4.14. The molecule has 2 aromatic rings. The fourth-order valence-electron chi connectivity index (χ4n) is 2.29. The lowest BCUT2D eigenvalue weighted by Gasteiger charge is -2.14. The summed E-state index contributed by atoms with van der Waals surface area (Å²) in [5.74, 6) is 0.312. The highest BCUT2D eigenvalue weighted by Crippen LogP contribution is 2.18. The van der Waals surface area contributed by atoms with Crippen LogP contribution in [0.25, 0.3) is 0 Å². The molecule has 0 bridgehead atoms. The predicted octanol–water partition coefficient (Wildman–Crippen LogP) is 2.71. The molecule has 0 radical (unpaired) electrons. The molecular weight excluding hydrogens is 352 g/mol. The number of hydrogen-bond donors (Lipinski definition) is 1. The minimum absolute atomic E-state index is 0.101. The summed E-state index contributed by atoms with van der Waals surface area (Å²) >= 11 is 0. The molecule has 6 nitrogen and oxygen atoms in total. The molecule has 0 atom stereocenters. The van der Waals surface area contributed by atoms with Crippen LogP contribution >= 0.6 is 0 Å². The fourth-order valence-corrected chi connectivity index (χ4v) is 2.67. The van der Waals surface area contributed by atoms with Crippen LogP contribution in [0.1, 0.15) is 16.7 Å². The number of carbonyl (C=O) groups is 1. The molecule has 0 aromatic heterocycles. The van der Waals surface area contributed by atoms with Gasteiger partial charge in [-0.2, -0.15) is 0 Å². The molecule has 0 saturated carbocycles. The van der Waals surface area contributed by atoms with Gasteiger partial charge in [-0.05, 0) is 48.7 Å². The topological polar surface area (TPSA) is 75.7 Å². The minimum Gasteiger partial charge on any atom is -0.484 e. The summed E-state index contributed by atoms with van der Waals surface area (Å²) in [5, 5.41) is 2.84. The highest BCUT2D eigenvalue weighted by atomic mass is 32.2. The lowest BCUT2D eigenvalue weighted by atomic mass is 10.1. The van der Waals surface area contributed by atoms with Gasteiger partial charge in [0, 0.05) is 19.3 Å². The smallest absolute Gasteiger partial charge is 0.262 e. The first-order valence-corrected chi connectivity index (χ1v) is 10.0. The Morgan fingerprint density at radius 3 is 2.38 bits per heavy atom. The van der Waals surface area contributed by atoms with Crippen molar-refractivity contribution in [3.05, 3.63) is 59.2 Å². The Morgan fingerprint density at radius 2 is 1.77 bits per heavy atom. The van der Waals surface area contributed by atoms with Crippen LogP contribution in [0.4, 0.5) is 5.69 Å². The molecule has 0 aliphatic rings. The van der Waals surface area contributed by atoms with Gasteiger partial charge in [0.2, 0.25) is 10.0 Å². The Hall–Kier alpha value is -2.38. The molecule has 0 heterocycles. The highest BCUT2D eigenvalue weighted by Gasteiger charge is 2.11. The van der Waals surface area contributed by atoms with E-state index in [-0.39, 0.29) is 19.1 Å². The number of sulfonamides is 1. The van der Waals surface area contributed by atoms with Crippen molar-refractivity contribution in [3.8, 4) is 5.75 Å². The monoisotopic (exact) mass is 376 g/mol. The molecule has 7 heteroatoms. The molecule has 0 aliphatic carbocycles. The zero-order chi connectivity index (χ0) is 19.3. The van der Waals surface area contributed by atoms with E-state index >= 15 is 0 Å². The van der Waals surface area contributed by atoms with Gasteiger partial charge in [0.1, 0.15) is 5.75 Å². The number of nitrogens with zero attached hydrogens (tertiary/aromatic N) is 1. The van der Waals surface area contributed by atoms with E-state index in [2.05, 4.69) is 5.32 Å². The molecule has 140 valence electrons. The van der Waals surface area contributed by atoms with Crippen molar-refractivity contribution in [1.29, 1.82) is 0 Å². The summed E-state index contributed by atoms with van der Waals surface area (Å²) in [6, 6.07) is 12.7. The highest BCUT2D eigenvalue weighted by molar-refractivity contribution is 7.88. The molecule has 0 spiro atoms. The van der Waals surface area contributed by atoms with Gasteiger partial charge >= 0.3 is 0 Å². The number of nitrogens with one attached hydrogen (secondary N) is 1. The minimum atomic E-state index is -3.22. The Kier molecular flexibility index (Phi) is 6.39. The molecule has 0 unspecified atom stereocenters. The molecular formula is C19H24N2O4S. The van der Waals surface area contributed by atoms with E-state index in [1.54, 1.807) is 24.3 Å². The normalized spacial score (nSPS) is 11.4. The number of carbonyl (C=O) groups excluding carboxylic acids is 1. The second-order valence-electron chi connectivity index (χ2n) is 6.25. The number of ether oxygens (including phenoxy) is 1. The van der Waals surface area contributed by atoms with Crippen LogP contribution in [0.2, 0.25) is 0 Å². The zero-order valence-corrected chi connectivity index (χ0v) is 16.3. The summed E-state index contributed by atoms with van der Waals surface area (Å²) < 4.78 is 29.6. The van der Waals surface area contributed by atoms with Gasteiger partial charge in [-0.15, -0.1) is 0 Å². The molecule has 0 fully saturated rings. The Bertz CT molecular complexity index is 877. The molecule has 1 N–H and O–H groups in total. The van der Waals surface area contributed by atoms with Crippen molar-refractivity contribution in [2.24, 2.45) is 0 Å². The second-order valence-corrected chi connectivity index (χ2v) is 8.34. The van der Waals surface area contributed by atoms with Crippen LogP contribution in [0.5, 0.6) is 5.75 Å². The molecule has 1 amide bonds. The predicted molar refractivity (Wildman–Crippen MR) is 103 cm³/mol. The van der Waals surface area contributed by atoms with Gasteiger partial charge in [-0.3, -0.25) is 4.79 Å². The number of rotatable bonds is 7. The summed E-state index contributed by atoms with van der Waals surface area (Å²) in [6.45, 7) is 4.13. The van der Waals surface area contributed by atoms with Crippen molar-refractivity contribution in [2.75, 3.05) is 25.2 Å². The summed E-state index contributed by atoms with van der Waals surface area (Å²) in [4.78, 5) is 12.1. The summed E-state index contributed by atoms with van der Waals surface area (Å²) in [5.41, 5.74) is 3.75. The van der Waals surface area contributed by atoms with Gasteiger partial charge < -0.3 is 10.1 Å². The van der Waals surface area contributed by atoms with E-state index in [4.69, 9.17) is 4.74 Å². The van der Waals surface area contributed by atoms with Crippen LogP contribution in [0.3, 0.4) is 0 Å². The maximum atomic E-state index is 12.1. The average molecular weight is 376 g/mol. The third kappa shape index (κ3) is 5.57. The van der Waals surface area contributed by atoms with Crippen LogP contribution in [0, 0.1) is 13.8 Å². The number of benzene rings is 2. The standard InChI is InChI=1S/C19H24N2O4S/c1-14-6-5-7-18(15(14)2)20-19(22)13-25-17-10-8-16(9-11-17)12-21(3)26(4,23)24/h5-11H,12-13H2,1-4H3,(H,20,22). The van der Waals surface area contributed by atoms with Crippen LogP contribution < -0.4 is 10.1 Å². The van der Waals surface area contributed by atoms with E-state index in [9.17, 15) is 13.2 Å². The Morgan fingerprint density at radius 1 is 1.12 bits per heavy atom. The van der Waals surface area contributed by atoms with Crippen molar-refractivity contribution < 1.29 is 17.9 Å². The maximum Gasteiger partial charge on any atom is 0.262 e. The number of aryl methyl sites for hydroxylation is 1. The van der Waals surface area contributed by atoms with Crippen molar-refractivity contribution in [1.82, 2.24) is 4.31 Å². The first-order valence-electron chi connectivity index (χ1n) is 8.16. The maximum absolute atomic E-state index is 12.1. The molecule has 2 rings (SSSR count). The Balaban J connectivity index is 1.89. The summed E-state index contributed by atoms with van der Waals surface area (Å²) in [7, 11) is -1.69. The van der Waals surface area contributed by atoms with E-state index in [0.717, 1.165) is 22.4 Å². The van der Waals surface area contributed by atoms with Gasteiger partial charge in [0.15, 0.2) is 6.61 Å². The first kappa shape index (κ1) is 19.9. The fraction of sp³-hybridized carbons (Fsp3) is 0.316. The van der Waals surface area contributed by atoms with Crippen LogP contribution in [0.15, 0.2) is 42.5 Å². The van der Waals surface area contributed by atoms with Crippen molar-refractivity contribution in [2.45, 2.75) is 20.4 Å². The quantitative estimate of drug-likeness (QED) is 0.806. The van der Waals surface area contributed by atoms with Gasteiger partial charge in [0.25, 0.3) is 5.91 Å². The van der Waals surface area contributed by atoms with E-state index in [1.165, 1.54) is 17.6 Å². The van der Waals surface area contributed by atoms with Crippen LogP contribution in [-0.2, 0) is 21.4 Å². The van der Waals surface area contributed by atoms with E-state index < -0.39 is 10.0 Å². The third-order valence-corrected chi connectivity index (χ3v) is 5.40. The largest absolute Gasteiger partial charge is 0.484 e. The summed E-state index contributed by atoms with van der Waals surface area (Å²) in [6.07, 6.45) is 1.17. The van der Waals surface area contributed by atoms with Crippen molar-refractivity contribution in [3.63, 3.8) is 0 Å². The molecule has 26 heavy (non-hydrogen) atoms. The first-order chi connectivity index (χ1) is 12.2. The van der Waals surface area contributed by atoms with Crippen molar-refractivity contribution >= 4 is 21.6 Å². The lowest BCUT2D eigenvalue weighted by Crippen LogP contribution is -2.24. The lowest BCUT2D eigenvalue weighted by molar-refractivity contribution is -0.118. The number of hydrogen-bond acceptors (Lipinski definition) is 4. The van der Waals surface area contributed by atoms with Gasteiger partial charge in [0.05, 0.1) is 6.26 Å². The van der Waals surface area contributed by atoms with E-state index in [0.29, 0.717) is 5.75 Å². The molecule has 0 aliphatic heterocycles. The average Bonchev–Trinajstić information content (AvgIpc) is 2.57. The SMILES string of the molecule is Cc1cccc(NC(=O)COc2ccc(CN(C)S(C)(=O)=O)cc2)c1C. The van der Waals surface area contributed by atoms with E-state index in [1.807, 2.05) is 32.0 Å². The molecule has 0 saturated heterocycles.